The number of alkyl halides is 4. The Balaban J connectivity index is 3.32. The van der Waals surface area contributed by atoms with Crippen molar-refractivity contribution in [1.82, 2.24) is 0 Å². The molecule has 1 amide bonds. The van der Waals surface area contributed by atoms with Crippen molar-refractivity contribution in [1.29, 1.82) is 0 Å². The SMILES string of the molecule is CCOC(=O)C(O)(c1ccc(NC(=O)CCl)c(C)c1)C(F)(F)F. The minimum atomic E-state index is -5.27. The zero-order valence-corrected chi connectivity index (χ0v) is 13.1. The minimum absolute atomic E-state index is 0.216. The molecule has 0 fully saturated rings. The molecule has 0 aromatic heterocycles. The molecule has 0 spiro atoms. The highest BCUT2D eigenvalue weighted by atomic mass is 35.5. The third-order valence-electron chi connectivity index (χ3n) is 3.02. The van der Waals surface area contributed by atoms with Gasteiger partial charge in [-0.2, -0.15) is 13.2 Å². The second kappa shape index (κ2) is 7.18. The monoisotopic (exact) mass is 353 g/mol. The summed E-state index contributed by atoms with van der Waals surface area (Å²) in [6, 6.07) is 2.99. The number of esters is 1. The second-order valence-electron chi connectivity index (χ2n) is 4.64. The van der Waals surface area contributed by atoms with Crippen LogP contribution in [0.15, 0.2) is 18.2 Å². The van der Waals surface area contributed by atoms with Gasteiger partial charge in [0.2, 0.25) is 5.91 Å². The van der Waals surface area contributed by atoms with E-state index in [0.29, 0.717) is 0 Å². The van der Waals surface area contributed by atoms with Crippen LogP contribution in [0, 0.1) is 6.92 Å². The summed E-state index contributed by atoms with van der Waals surface area (Å²) in [5.74, 6) is -2.68. The number of aryl methyl sites for hydroxylation is 1. The molecular formula is C14H15ClF3NO4. The summed E-state index contributed by atoms with van der Waals surface area (Å²) in [5, 5.41) is 12.3. The Kier molecular flexibility index (Phi) is 6.01. The molecule has 2 N–H and O–H groups in total. The van der Waals surface area contributed by atoms with Crippen LogP contribution in [0.25, 0.3) is 0 Å². The first-order chi connectivity index (χ1) is 10.6. The van der Waals surface area contributed by atoms with Crippen LogP contribution in [-0.2, 0) is 19.9 Å². The quantitative estimate of drug-likeness (QED) is 0.630. The number of hydrogen-bond donors (Lipinski definition) is 2. The highest BCUT2D eigenvalue weighted by molar-refractivity contribution is 6.29. The molecule has 0 aliphatic heterocycles. The number of carbonyl (C=O) groups is 2. The van der Waals surface area contributed by atoms with Crippen molar-refractivity contribution in [3.8, 4) is 0 Å². The zero-order valence-electron chi connectivity index (χ0n) is 12.3. The summed E-state index contributed by atoms with van der Waals surface area (Å²) in [6.07, 6.45) is -5.27. The molecule has 1 atom stereocenters. The van der Waals surface area contributed by atoms with E-state index in [9.17, 15) is 27.9 Å². The van der Waals surface area contributed by atoms with E-state index in [4.69, 9.17) is 11.6 Å². The number of hydrogen-bond acceptors (Lipinski definition) is 4. The number of nitrogens with one attached hydrogen (secondary N) is 1. The number of anilines is 1. The van der Waals surface area contributed by atoms with Crippen LogP contribution >= 0.6 is 11.6 Å². The fourth-order valence-electron chi connectivity index (χ4n) is 1.85. The normalized spacial score (nSPS) is 14.0. The van der Waals surface area contributed by atoms with Gasteiger partial charge in [0.1, 0.15) is 5.88 Å². The topological polar surface area (TPSA) is 75.6 Å². The van der Waals surface area contributed by atoms with Gasteiger partial charge in [0.25, 0.3) is 5.60 Å². The lowest BCUT2D eigenvalue weighted by Crippen LogP contribution is -2.50. The first-order valence-electron chi connectivity index (χ1n) is 6.51. The van der Waals surface area contributed by atoms with E-state index in [-0.39, 0.29) is 23.7 Å². The van der Waals surface area contributed by atoms with Crippen LogP contribution in [0.5, 0.6) is 0 Å². The van der Waals surface area contributed by atoms with Crippen molar-refractivity contribution < 1.29 is 32.6 Å². The number of halogens is 4. The van der Waals surface area contributed by atoms with E-state index < -0.39 is 29.2 Å². The van der Waals surface area contributed by atoms with E-state index >= 15 is 0 Å². The summed E-state index contributed by atoms with van der Waals surface area (Å²) >= 11 is 5.33. The molecule has 0 bridgehead atoms. The third-order valence-corrected chi connectivity index (χ3v) is 3.26. The van der Waals surface area contributed by atoms with Gasteiger partial charge in [0, 0.05) is 11.3 Å². The molecule has 1 aromatic rings. The first-order valence-corrected chi connectivity index (χ1v) is 7.04. The fraction of sp³-hybridized carbons (Fsp3) is 0.429. The highest BCUT2D eigenvalue weighted by Crippen LogP contribution is 2.41. The molecule has 0 saturated carbocycles. The summed E-state index contributed by atoms with van der Waals surface area (Å²) in [5.41, 5.74) is -4.06. The van der Waals surface area contributed by atoms with Gasteiger partial charge >= 0.3 is 12.1 Å². The molecule has 1 rings (SSSR count). The summed E-state index contributed by atoms with van der Waals surface area (Å²) in [6.45, 7) is 2.42. The van der Waals surface area contributed by atoms with Crippen LogP contribution in [0.3, 0.4) is 0 Å². The molecule has 0 saturated heterocycles. The summed E-state index contributed by atoms with van der Waals surface area (Å²) < 4.78 is 44.0. The molecule has 0 aliphatic rings. The third kappa shape index (κ3) is 3.94. The Morgan fingerprint density at radius 1 is 1.35 bits per heavy atom. The Morgan fingerprint density at radius 3 is 2.39 bits per heavy atom. The van der Waals surface area contributed by atoms with E-state index in [0.717, 1.165) is 18.2 Å². The largest absolute Gasteiger partial charge is 0.463 e. The van der Waals surface area contributed by atoms with Crippen molar-refractivity contribution in [3.63, 3.8) is 0 Å². The van der Waals surface area contributed by atoms with E-state index in [1.165, 1.54) is 13.8 Å². The Hall–Kier alpha value is -1.80. The summed E-state index contributed by atoms with van der Waals surface area (Å²) in [7, 11) is 0. The number of rotatable bonds is 5. The van der Waals surface area contributed by atoms with Crippen molar-refractivity contribution in [3.05, 3.63) is 29.3 Å². The van der Waals surface area contributed by atoms with Crippen LogP contribution in [-0.4, -0.2) is 35.6 Å². The average molecular weight is 354 g/mol. The van der Waals surface area contributed by atoms with Gasteiger partial charge in [0.05, 0.1) is 6.61 Å². The summed E-state index contributed by atoms with van der Waals surface area (Å²) in [4.78, 5) is 22.9. The minimum Gasteiger partial charge on any atom is -0.463 e. The standard InChI is InChI=1S/C14H15ClF3NO4/c1-3-23-12(21)13(22,14(16,17)18)9-4-5-10(8(2)6-9)19-11(20)7-15/h4-6,22H,3,7H2,1-2H3,(H,19,20). The number of amides is 1. The predicted molar refractivity (Wildman–Crippen MR) is 77.1 cm³/mol. The maximum absolute atomic E-state index is 13.2. The fourth-order valence-corrected chi connectivity index (χ4v) is 1.91. The molecule has 9 heteroatoms. The second-order valence-corrected chi connectivity index (χ2v) is 4.91. The van der Waals surface area contributed by atoms with Crippen LogP contribution in [0.1, 0.15) is 18.1 Å². The van der Waals surface area contributed by atoms with E-state index in [1.807, 2.05) is 0 Å². The Morgan fingerprint density at radius 2 is 1.96 bits per heavy atom. The molecule has 0 radical (unpaired) electrons. The number of ether oxygens (including phenoxy) is 1. The molecule has 23 heavy (non-hydrogen) atoms. The van der Waals surface area contributed by atoms with Gasteiger partial charge in [-0.3, -0.25) is 4.79 Å². The van der Waals surface area contributed by atoms with Crippen molar-refractivity contribution in [2.75, 3.05) is 17.8 Å². The first kappa shape index (κ1) is 19.2. The lowest BCUT2D eigenvalue weighted by molar-refractivity contribution is -0.267. The molecule has 128 valence electrons. The van der Waals surface area contributed by atoms with Gasteiger partial charge in [-0.1, -0.05) is 12.1 Å². The van der Waals surface area contributed by atoms with Crippen LogP contribution in [0.2, 0.25) is 0 Å². The smallest absolute Gasteiger partial charge is 0.432 e. The number of carbonyl (C=O) groups excluding carboxylic acids is 2. The Bertz CT molecular complexity index is 606. The molecule has 0 heterocycles. The van der Waals surface area contributed by atoms with Crippen molar-refractivity contribution in [2.24, 2.45) is 0 Å². The number of benzene rings is 1. The molecule has 0 aliphatic carbocycles. The van der Waals surface area contributed by atoms with Gasteiger partial charge < -0.3 is 15.2 Å². The Labute approximate surface area is 135 Å². The average Bonchev–Trinajstić information content (AvgIpc) is 2.47. The van der Waals surface area contributed by atoms with E-state index in [1.54, 1.807) is 0 Å². The maximum Gasteiger partial charge on any atom is 0.432 e. The van der Waals surface area contributed by atoms with Crippen molar-refractivity contribution >= 4 is 29.2 Å². The lowest BCUT2D eigenvalue weighted by Gasteiger charge is -2.29. The van der Waals surface area contributed by atoms with Crippen LogP contribution in [0.4, 0.5) is 18.9 Å². The molecule has 5 nitrogen and oxygen atoms in total. The van der Waals surface area contributed by atoms with Crippen LogP contribution < -0.4 is 5.32 Å². The number of aliphatic hydroxyl groups is 1. The predicted octanol–water partition coefficient (Wildman–Crippen LogP) is 2.49. The van der Waals surface area contributed by atoms with Gasteiger partial charge in [-0.15, -0.1) is 11.6 Å². The molecule has 1 aromatic carbocycles. The molecule has 1 unspecified atom stereocenters. The van der Waals surface area contributed by atoms with E-state index in [2.05, 4.69) is 10.1 Å². The van der Waals surface area contributed by atoms with Gasteiger partial charge in [0.15, 0.2) is 0 Å². The zero-order chi connectivity index (χ0) is 17.8. The van der Waals surface area contributed by atoms with Crippen molar-refractivity contribution in [2.45, 2.75) is 25.6 Å². The molecular weight excluding hydrogens is 339 g/mol. The van der Waals surface area contributed by atoms with Gasteiger partial charge in [-0.05, 0) is 25.5 Å². The maximum atomic E-state index is 13.2. The van der Waals surface area contributed by atoms with Gasteiger partial charge in [-0.25, -0.2) is 4.79 Å². The highest BCUT2D eigenvalue weighted by Gasteiger charge is 2.62. The lowest BCUT2D eigenvalue weighted by atomic mass is 9.91.